The lowest BCUT2D eigenvalue weighted by molar-refractivity contribution is -0.437. The maximum absolute atomic E-state index is 10.6. The SMILES string of the molecule is COc1ccc(C[C@@H]([NH3+])C(=O)[O-])c(OC)c1. The van der Waals surface area contributed by atoms with E-state index in [2.05, 4.69) is 5.73 Å². The molecule has 0 aliphatic heterocycles. The summed E-state index contributed by atoms with van der Waals surface area (Å²) in [7, 11) is 3.08. The smallest absolute Gasteiger partial charge is 0.129 e. The molecule has 88 valence electrons. The van der Waals surface area contributed by atoms with Crippen LogP contribution in [-0.2, 0) is 11.2 Å². The van der Waals surface area contributed by atoms with E-state index in [1.54, 1.807) is 25.3 Å². The number of rotatable bonds is 5. The fourth-order valence-electron chi connectivity index (χ4n) is 1.37. The predicted molar refractivity (Wildman–Crippen MR) is 54.9 cm³/mol. The first kappa shape index (κ1) is 12.3. The van der Waals surface area contributed by atoms with Crippen LogP contribution in [0.4, 0.5) is 0 Å². The molecule has 0 fully saturated rings. The number of quaternary nitrogens is 1. The fraction of sp³-hybridized carbons (Fsp3) is 0.364. The van der Waals surface area contributed by atoms with E-state index >= 15 is 0 Å². The summed E-state index contributed by atoms with van der Waals surface area (Å²) in [5, 5.41) is 10.6. The van der Waals surface area contributed by atoms with Crippen molar-refractivity contribution >= 4 is 5.97 Å². The molecule has 0 spiro atoms. The van der Waals surface area contributed by atoms with Gasteiger partial charge in [0.1, 0.15) is 17.5 Å². The summed E-state index contributed by atoms with van der Waals surface area (Å²) in [6, 6.07) is 4.43. The molecule has 0 aromatic heterocycles. The topological polar surface area (TPSA) is 86.2 Å². The molecule has 1 aromatic carbocycles. The number of ether oxygens (including phenoxy) is 2. The van der Waals surface area contributed by atoms with Gasteiger partial charge < -0.3 is 25.1 Å². The Labute approximate surface area is 93.8 Å². The van der Waals surface area contributed by atoms with Gasteiger partial charge in [0.05, 0.1) is 20.2 Å². The van der Waals surface area contributed by atoms with Gasteiger partial charge >= 0.3 is 0 Å². The van der Waals surface area contributed by atoms with Gasteiger partial charge in [0, 0.05) is 18.1 Å². The molecule has 0 unspecified atom stereocenters. The van der Waals surface area contributed by atoms with Gasteiger partial charge in [-0.1, -0.05) is 6.07 Å². The molecule has 0 bridgehead atoms. The van der Waals surface area contributed by atoms with Crippen LogP contribution in [0.3, 0.4) is 0 Å². The summed E-state index contributed by atoms with van der Waals surface area (Å²) in [6.45, 7) is 0. The summed E-state index contributed by atoms with van der Waals surface area (Å²) in [5.74, 6) is 0.0850. The second-order valence-corrected chi connectivity index (χ2v) is 3.40. The lowest BCUT2D eigenvalue weighted by Crippen LogP contribution is -2.69. The molecule has 1 atom stereocenters. The van der Waals surface area contributed by atoms with Gasteiger partial charge in [-0.2, -0.15) is 0 Å². The van der Waals surface area contributed by atoms with E-state index in [9.17, 15) is 9.90 Å². The summed E-state index contributed by atoms with van der Waals surface area (Å²) in [6.07, 6.45) is 0.273. The van der Waals surface area contributed by atoms with E-state index in [-0.39, 0.29) is 6.42 Å². The highest BCUT2D eigenvalue weighted by molar-refractivity contribution is 5.69. The number of methoxy groups -OCH3 is 2. The molecular weight excluding hydrogens is 210 g/mol. The fourth-order valence-corrected chi connectivity index (χ4v) is 1.37. The molecule has 0 radical (unpaired) electrons. The normalized spacial score (nSPS) is 11.9. The van der Waals surface area contributed by atoms with Crippen molar-refractivity contribution in [2.24, 2.45) is 0 Å². The maximum atomic E-state index is 10.6. The Hall–Kier alpha value is -1.75. The molecule has 0 saturated carbocycles. The van der Waals surface area contributed by atoms with E-state index in [1.807, 2.05) is 0 Å². The molecule has 16 heavy (non-hydrogen) atoms. The Balaban J connectivity index is 2.91. The molecule has 0 aliphatic rings. The third-order valence-electron chi connectivity index (χ3n) is 2.29. The second-order valence-electron chi connectivity index (χ2n) is 3.40. The summed E-state index contributed by atoms with van der Waals surface area (Å²) in [4.78, 5) is 10.6. The van der Waals surface area contributed by atoms with Crippen LogP contribution in [0.15, 0.2) is 18.2 Å². The van der Waals surface area contributed by atoms with Crippen LogP contribution in [0.1, 0.15) is 5.56 Å². The summed E-state index contributed by atoms with van der Waals surface area (Å²) >= 11 is 0. The standard InChI is InChI=1S/C11H15NO4/c1-15-8-4-3-7(10(6-8)16-2)5-9(12)11(13)14/h3-4,6,9H,5,12H2,1-2H3,(H,13,14)/t9-/m1/s1. The van der Waals surface area contributed by atoms with Crippen LogP contribution < -0.4 is 20.3 Å². The number of carboxylic acid groups (broad SMARTS) is 1. The van der Waals surface area contributed by atoms with E-state index in [1.165, 1.54) is 7.11 Å². The van der Waals surface area contributed by atoms with Crippen LogP contribution in [0.2, 0.25) is 0 Å². The number of carbonyl (C=O) groups is 1. The largest absolute Gasteiger partial charge is 0.544 e. The van der Waals surface area contributed by atoms with E-state index in [4.69, 9.17) is 9.47 Å². The zero-order chi connectivity index (χ0) is 12.1. The van der Waals surface area contributed by atoms with E-state index in [0.29, 0.717) is 11.5 Å². The highest BCUT2D eigenvalue weighted by atomic mass is 16.5. The minimum absolute atomic E-state index is 0.273. The van der Waals surface area contributed by atoms with Gasteiger partial charge in [0.2, 0.25) is 0 Å². The quantitative estimate of drug-likeness (QED) is 0.668. The van der Waals surface area contributed by atoms with Crippen molar-refractivity contribution in [3.63, 3.8) is 0 Å². The number of carboxylic acids is 1. The molecule has 0 saturated heterocycles. The number of carbonyl (C=O) groups excluding carboxylic acids is 1. The third-order valence-corrected chi connectivity index (χ3v) is 2.29. The monoisotopic (exact) mass is 225 g/mol. The molecule has 5 nitrogen and oxygen atoms in total. The molecule has 0 amide bonds. The van der Waals surface area contributed by atoms with Crippen molar-refractivity contribution in [1.29, 1.82) is 0 Å². The molecule has 0 aliphatic carbocycles. The third kappa shape index (κ3) is 2.87. The molecular formula is C11H15NO4. The van der Waals surface area contributed by atoms with Crippen molar-refractivity contribution < 1.29 is 25.1 Å². The predicted octanol–water partition coefficient (Wildman–Crippen LogP) is -1.39. The van der Waals surface area contributed by atoms with Crippen LogP contribution in [0.25, 0.3) is 0 Å². The minimum atomic E-state index is -1.17. The first-order valence-electron chi connectivity index (χ1n) is 4.83. The van der Waals surface area contributed by atoms with Gasteiger partial charge in [-0.25, -0.2) is 0 Å². The van der Waals surface area contributed by atoms with Gasteiger partial charge in [0.25, 0.3) is 0 Å². The Morgan fingerprint density at radius 3 is 2.62 bits per heavy atom. The van der Waals surface area contributed by atoms with Gasteiger partial charge in [-0.05, 0) is 6.07 Å². The number of hydrogen-bond acceptors (Lipinski definition) is 4. The first-order chi connectivity index (χ1) is 7.58. The maximum Gasteiger partial charge on any atom is 0.129 e. The van der Waals surface area contributed by atoms with Crippen molar-refractivity contribution in [2.45, 2.75) is 12.5 Å². The van der Waals surface area contributed by atoms with Crippen molar-refractivity contribution in [3.05, 3.63) is 23.8 Å². The minimum Gasteiger partial charge on any atom is -0.544 e. The molecule has 5 heteroatoms. The average molecular weight is 225 g/mol. The molecule has 1 aromatic rings. The lowest BCUT2D eigenvalue weighted by atomic mass is 10.1. The van der Waals surface area contributed by atoms with Crippen molar-refractivity contribution in [3.8, 4) is 11.5 Å². The number of hydrogen-bond donors (Lipinski definition) is 1. The lowest BCUT2D eigenvalue weighted by Gasteiger charge is -2.13. The molecule has 0 heterocycles. The Morgan fingerprint density at radius 2 is 2.12 bits per heavy atom. The van der Waals surface area contributed by atoms with Crippen molar-refractivity contribution in [2.75, 3.05) is 14.2 Å². The number of benzene rings is 1. The second kappa shape index (κ2) is 5.37. The Morgan fingerprint density at radius 1 is 1.44 bits per heavy atom. The van der Waals surface area contributed by atoms with Crippen LogP contribution in [-0.4, -0.2) is 26.2 Å². The van der Waals surface area contributed by atoms with Gasteiger partial charge in [0.15, 0.2) is 0 Å². The van der Waals surface area contributed by atoms with Crippen molar-refractivity contribution in [1.82, 2.24) is 0 Å². The first-order valence-corrected chi connectivity index (χ1v) is 4.83. The van der Waals surface area contributed by atoms with Crippen LogP contribution in [0, 0.1) is 0 Å². The Kier molecular flexibility index (Phi) is 4.13. The van der Waals surface area contributed by atoms with Gasteiger partial charge in [-0.3, -0.25) is 0 Å². The number of aliphatic carboxylic acids is 1. The highest BCUT2D eigenvalue weighted by Crippen LogP contribution is 2.25. The zero-order valence-electron chi connectivity index (χ0n) is 9.36. The van der Waals surface area contributed by atoms with Crippen LogP contribution >= 0.6 is 0 Å². The summed E-state index contributed by atoms with van der Waals surface area (Å²) in [5.41, 5.74) is 4.27. The van der Waals surface area contributed by atoms with E-state index in [0.717, 1.165) is 5.56 Å². The summed E-state index contributed by atoms with van der Waals surface area (Å²) < 4.78 is 10.2. The molecule has 3 N–H and O–H groups in total. The zero-order valence-corrected chi connectivity index (χ0v) is 9.36. The highest BCUT2D eigenvalue weighted by Gasteiger charge is 2.13. The van der Waals surface area contributed by atoms with E-state index < -0.39 is 12.0 Å². The molecule has 1 rings (SSSR count). The van der Waals surface area contributed by atoms with Gasteiger partial charge in [-0.15, -0.1) is 0 Å². The Bertz CT molecular complexity index is 378. The van der Waals surface area contributed by atoms with Crippen LogP contribution in [0.5, 0.6) is 11.5 Å². The average Bonchev–Trinajstić information content (AvgIpc) is 2.29.